The van der Waals surface area contributed by atoms with E-state index in [-0.39, 0.29) is 16.9 Å². The van der Waals surface area contributed by atoms with Gasteiger partial charge in [-0.25, -0.2) is 14.4 Å². The maximum absolute atomic E-state index is 13.5. The highest BCUT2D eigenvalue weighted by molar-refractivity contribution is 6.32. The van der Waals surface area contributed by atoms with Crippen LogP contribution >= 0.6 is 11.6 Å². The lowest BCUT2D eigenvalue weighted by Crippen LogP contribution is -2.00. The van der Waals surface area contributed by atoms with Crippen LogP contribution in [0, 0.1) is 5.82 Å². The molecule has 2 heterocycles. The summed E-state index contributed by atoms with van der Waals surface area (Å²) in [5.41, 5.74) is 8.12. The molecule has 1 aromatic carbocycles. The second-order valence-electron chi connectivity index (χ2n) is 4.34. The van der Waals surface area contributed by atoms with Crippen molar-refractivity contribution in [2.75, 3.05) is 5.73 Å². The van der Waals surface area contributed by atoms with Crippen LogP contribution < -0.4 is 5.73 Å². The Morgan fingerprint density at radius 3 is 2.48 bits per heavy atom. The predicted octanol–water partition coefficient (Wildman–Crippen LogP) is 3.58. The molecule has 0 saturated carbocycles. The molecule has 2 aromatic heterocycles. The van der Waals surface area contributed by atoms with Gasteiger partial charge in [0.15, 0.2) is 0 Å². The molecule has 0 atom stereocenters. The molecule has 0 aliphatic heterocycles. The Hall–Kier alpha value is -2.53. The first kappa shape index (κ1) is 13.5. The maximum Gasteiger partial charge on any atom is 0.222 e. The molecule has 3 rings (SSSR count). The van der Waals surface area contributed by atoms with E-state index in [1.807, 2.05) is 0 Å². The van der Waals surface area contributed by atoms with E-state index >= 15 is 0 Å². The monoisotopic (exact) mass is 300 g/mol. The molecule has 0 amide bonds. The number of nitrogens with two attached hydrogens (primary N) is 1. The van der Waals surface area contributed by atoms with Crippen molar-refractivity contribution in [3.8, 4) is 22.4 Å². The summed E-state index contributed by atoms with van der Waals surface area (Å²) in [5.74, 6) is -0.321. The number of benzene rings is 1. The molecule has 0 fully saturated rings. The van der Waals surface area contributed by atoms with Crippen LogP contribution in [0.25, 0.3) is 22.4 Å². The highest BCUT2D eigenvalue weighted by Crippen LogP contribution is 2.35. The Labute approximate surface area is 125 Å². The van der Waals surface area contributed by atoms with E-state index in [1.165, 1.54) is 12.1 Å². The van der Waals surface area contributed by atoms with Crippen molar-refractivity contribution in [1.82, 2.24) is 15.0 Å². The highest BCUT2D eigenvalue weighted by Gasteiger charge is 2.16. The molecule has 4 nitrogen and oxygen atoms in total. The van der Waals surface area contributed by atoms with E-state index in [0.29, 0.717) is 16.8 Å². The van der Waals surface area contributed by atoms with Gasteiger partial charge in [0, 0.05) is 23.5 Å². The second kappa shape index (κ2) is 5.46. The maximum atomic E-state index is 13.5. The van der Waals surface area contributed by atoms with Gasteiger partial charge in [0.2, 0.25) is 5.95 Å². The largest absolute Gasteiger partial charge is 0.368 e. The molecule has 0 aliphatic rings. The molecular formula is C15H10ClFN4. The van der Waals surface area contributed by atoms with Gasteiger partial charge in [-0.05, 0) is 29.8 Å². The van der Waals surface area contributed by atoms with Crippen LogP contribution in [0.3, 0.4) is 0 Å². The van der Waals surface area contributed by atoms with E-state index in [2.05, 4.69) is 15.0 Å². The fourth-order valence-corrected chi connectivity index (χ4v) is 2.35. The molecule has 0 bridgehead atoms. The summed E-state index contributed by atoms with van der Waals surface area (Å²) in [6, 6.07) is 9.65. The molecule has 0 spiro atoms. The third kappa shape index (κ3) is 2.68. The highest BCUT2D eigenvalue weighted by atomic mass is 35.5. The van der Waals surface area contributed by atoms with Crippen LogP contribution in [-0.4, -0.2) is 15.0 Å². The van der Waals surface area contributed by atoms with Crippen molar-refractivity contribution in [2.45, 2.75) is 0 Å². The molecule has 3 aromatic rings. The molecule has 6 heteroatoms. The Kier molecular flexibility index (Phi) is 3.50. The van der Waals surface area contributed by atoms with Crippen molar-refractivity contribution in [1.29, 1.82) is 0 Å². The van der Waals surface area contributed by atoms with Crippen LogP contribution in [0.5, 0.6) is 0 Å². The standard InChI is InChI=1S/C15H10ClFN4/c16-14-12(9-4-6-19-7-5-9)13(20-15(18)21-14)10-2-1-3-11(17)8-10/h1-8H,(H2,18,20,21). The van der Waals surface area contributed by atoms with Crippen molar-refractivity contribution in [3.63, 3.8) is 0 Å². The first-order valence-electron chi connectivity index (χ1n) is 6.14. The van der Waals surface area contributed by atoms with Crippen LogP contribution in [0.15, 0.2) is 48.8 Å². The van der Waals surface area contributed by atoms with Crippen molar-refractivity contribution >= 4 is 17.5 Å². The molecule has 0 saturated heterocycles. The normalized spacial score (nSPS) is 10.6. The minimum absolute atomic E-state index is 0.0390. The predicted molar refractivity (Wildman–Crippen MR) is 80.1 cm³/mol. The number of rotatable bonds is 2. The smallest absolute Gasteiger partial charge is 0.222 e. The average molecular weight is 301 g/mol. The summed E-state index contributed by atoms with van der Waals surface area (Å²) in [6.45, 7) is 0. The molecule has 2 N–H and O–H groups in total. The lowest BCUT2D eigenvalue weighted by molar-refractivity contribution is 0.628. The zero-order valence-electron chi connectivity index (χ0n) is 10.8. The topological polar surface area (TPSA) is 64.7 Å². The summed E-state index contributed by atoms with van der Waals surface area (Å²) in [6.07, 6.45) is 3.27. The van der Waals surface area contributed by atoms with Gasteiger partial charge in [0.1, 0.15) is 11.0 Å². The number of nitrogen functional groups attached to an aromatic ring is 1. The number of anilines is 1. The van der Waals surface area contributed by atoms with Gasteiger partial charge in [0.25, 0.3) is 0 Å². The van der Waals surface area contributed by atoms with E-state index in [0.717, 1.165) is 5.56 Å². The summed E-state index contributed by atoms with van der Waals surface area (Å²) >= 11 is 6.21. The third-order valence-electron chi connectivity index (χ3n) is 2.95. The lowest BCUT2D eigenvalue weighted by atomic mass is 10.0. The number of aromatic nitrogens is 3. The van der Waals surface area contributed by atoms with Gasteiger partial charge in [-0.3, -0.25) is 4.98 Å². The minimum Gasteiger partial charge on any atom is -0.368 e. The van der Waals surface area contributed by atoms with E-state index in [9.17, 15) is 4.39 Å². The van der Waals surface area contributed by atoms with Gasteiger partial charge < -0.3 is 5.73 Å². The van der Waals surface area contributed by atoms with E-state index in [4.69, 9.17) is 17.3 Å². The first-order valence-corrected chi connectivity index (χ1v) is 6.52. The summed E-state index contributed by atoms with van der Waals surface area (Å²) in [5, 5.41) is 0.216. The zero-order valence-corrected chi connectivity index (χ0v) is 11.5. The van der Waals surface area contributed by atoms with Crippen molar-refractivity contribution < 1.29 is 4.39 Å². The summed E-state index contributed by atoms with van der Waals surface area (Å²) < 4.78 is 13.5. The Bertz CT molecular complexity index is 793. The van der Waals surface area contributed by atoms with Gasteiger partial charge in [-0.1, -0.05) is 23.7 Å². The summed E-state index contributed by atoms with van der Waals surface area (Å²) in [4.78, 5) is 12.2. The number of hydrogen-bond donors (Lipinski definition) is 1. The molecule has 104 valence electrons. The van der Waals surface area contributed by atoms with Crippen LogP contribution in [0.1, 0.15) is 0 Å². The van der Waals surface area contributed by atoms with Crippen molar-refractivity contribution in [3.05, 3.63) is 59.8 Å². The molecular weight excluding hydrogens is 291 g/mol. The van der Waals surface area contributed by atoms with Gasteiger partial charge >= 0.3 is 0 Å². The molecule has 0 unspecified atom stereocenters. The van der Waals surface area contributed by atoms with Gasteiger partial charge in [-0.15, -0.1) is 0 Å². The summed E-state index contributed by atoms with van der Waals surface area (Å²) in [7, 11) is 0. The van der Waals surface area contributed by atoms with Gasteiger partial charge in [-0.2, -0.15) is 0 Å². The minimum atomic E-state index is -0.360. The quantitative estimate of drug-likeness (QED) is 0.735. The van der Waals surface area contributed by atoms with Crippen LogP contribution in [0.4, 0.5) is 10.3 Å². The third-order valence-corrected chi connectivity index (χ3v) is 3.22. The molecule has 0 aliphatic carbocycles. The Morgan fingerprint density at radius 2 is 1.76 bits per heavy atom. The Balaban J connectivity index is 2.29. The van der Waals surface area contributed by atoms with Crippen LogP contribution in [-0.2, 0) is 0 Å². The first-order chi connectivity index (χ1) is 10.1. The zero-order chi connectivity index (χ0) is 14.8. The van der Waals surface area contributed by atoms with Gasteiger partial charge in [0.05, 0.1) is 5.69 Å². The number of nitrogens with zero attached hydrogens (tertiary/aromatic N) is 3. The number of pyridine rings is 1. The van der Waals surface area contributed by atoms with E-state index < -0.39 is 0 Å². The van der Waals surface area contributed by atoms with Crippen LogP contribution in [0.2, 0.25) is 5.15 Å². The fraction of sp³-hybridized carbons (Fsp3) is 0. The molecule has 21 heavy (non-hydrogen) atoms. The average Bonchev–Trinajstić information content (AvgIpc) is 2.47. The van der Waals surface area contributed by atoms with E-state index in [1.54, 1.807) is 36.7 Å². The fourth-order valence-electron chi connectivity index (χ4n) is 2.07. The molecule has 0 radical (unpaired) electrons. The van der Waals surface area contributed by atoms with Crippen molar-refractivity contribution in [2.24, 2.45) is 0 Å². The second-order valence-corrected chi connectivity index (χ2v) is 4.70. The number of halogens is 2. The SMILES string of the molecule is Nc1nc(Cl)c(-c2ccncc2)c(-c2cccc(F)c2)n1. The lowest BCUT2D eigenvalue weighted by Gasteiger charge is -2.11. The Morgan fingerprint density at radius 1 is 1.00 bits per heavy atom. The number of hydrogen-bond acceptors (Lipinski definition) is 4.